The highest BCUT2D eigenvalue weighted by atomic mass is 16.3. The van der Waals surface area contributed by atoms with E-state index in [0.717, 1.165) is 11.3 Å². The van der Waals surface area contributed by atoms with Crippen LogP contribution in [0.1, 0.15) is 5.56 Å². The number of imidazole rings is 1. The van der Waals surface area contributed by atoms with Crippen molar-refractivity contribution in [3.8, 4) is 0 Å². The average molecular weight is 403 g/mol. The molecule has 0 radical (unpaired) electrons. The number of anilines is 2. The number of aliphatic hydroxyl groups is 1. The van der Waals surface area contributed by atoms with E-state index in [1.54, 1.807) is 11.6 Å². The lowest BCUT2D eigenvalue weighted by atomic mass is 10.2. The van der Waals surface area contributed by atoms with Gasteiger partial charge in [-0.25, -0.2) is 4.79 Å². The van der Waals surface area contributed by atoms with Crippen molar-refractivity contribution >= 4 is 22.8 Å². The molecule has 1 aliphatic heterocycles. The lowest BCUT2D eigenvalue weighted by molar-refractivity contribution is 0.154. The van der Waals surface area contributed by atoms with E-state index in [1.807, 2.05) is 65.6 Å². The molecular formula is C22H21N5O3. The number of aromatic nitrogens is 4. The lowest BCUT2D eigenvalue weighted by Gasteiger charge is -2.32. The molecule has 3 heterocycles. The highest BCUT2D eigenvalue weighted by molar-refractivity contribution is 5.77. The molecule has 0 fully saturated rings. The summed E-state index contributed by atoms with van der Waals surface area (Å²) in [6, 6.07) is 19.0. The monoisotopic (exact) mass is 403 g/mol. The minimum atomic E-state index is -0.672. The third-order valence-electron chi connectivity index (χ3n) is 5.49. The zero-order valence-electron chi connectivity index (χ0n) is 16.5. The summed E-state index contributed by atoms with van der Waals surface area (Å²) in [6.07, 6.45) is -0.672. The number of aryl methyl sites for hydroxylation is 1. The summed E-state index contributed by atoms with van der Waals surface area (Å²) < 4.78 is 4.35. The van der Waals surface area contributed by atoms with E-state index in [9.17, 15) is 14.7 Å². The van der Waals surface area contributed by atoms with E-state index in [0.29, 0.717) is 23.7 Å². The maximum Gasteiger partial charge on any atom is 0.332 e. The lowest BCUT2D eigenvalue weighted by Crippen LogP contribution is -2.41. The third kappa shape index (κ3) is 2.84. The first-order valence-electron chi connectivity index (χ1n) is 9.79. The first kappa shape index (κ1) is 18.4. The van der Waals surface area contributed by atoms with Crippen LogP contribution in [0.5, 0.6) is 0 Å². The van der Waals surface area contributed by atoms with Gasteiger partial charge in [0.15, 0.2) is 11.2 Å². The summed E-state index contributed by atoms with van der Waals surface area (Å²) in [5, 5.41) is 10.5. The fourth-order valence-corrected chi connectivity index (χ4v) is 4.03. The van der Waals surface area contributed by atoms with Crippen LogP contribution in [0.4, 0.5) is 11.6 Å². The second-order valence-electron chi connectivity index (χ2n) is 7.51. The fourth-order valence-electron chi connectivity index (χ4n) is 4.03. The largest absolute Gasteiger partial charge is 0.389 e. The molecule has 2 aromatic heterocycles. The van der Waals surface area contributed by atoms with Gasteiger partial charge in [0.05, 0.1) is 25.7 Å². The molecule has 8 heteroatoms. The van der Waals surface area contributed by atoms with E-state index in [4.69, 9.17) is 0 Å². The van der Waals surface area contributed by atoms with Crippen LogP contribution in [0.15, 0.2) is 70.3 Å². The molecule has 2 aromatic carbocycles. The number of nitrogens with zero attached hydrogens (tertiary/aromatic N) is 5. The Kier molecular flexibility index (Phi) is 4.29. The smallest absolute Gasteiger partial charge is 0.332 e. The number of benzene rings is 2. The van der Waals surface area contributed by atoms with Gasteiger partial charge >= 0.3 is 5.69 Å². The van der Waals surface area contributed by atoms with Gasteiger partial charge in [0.1, 0.15) is 0 Å². The van der Waals surface area contributed by atoms with Gasteiger partial charge < -0.3 is 14.6 Å². The van der Waals surface area contributed by atoms with Gasteiger partial charge in [-0.05, 0) is 17.7 Å². The zero-order valence-corrected chi connectivity index (χ0v) is 16.5. The molecule has 0 amide bonds. The van der Waals surface area contributed by atoms with E-state index >= 15 is 0 Å². The molecule has 0 saturated heterocycles. The van der Waals surface area contributed by atoms with Gasteiger partial charge in [-0.15, -0.1) is 0 Å². The van der Waals surface area contributed by atoms with Crippen molar-refractivity contribution in [3.05, 3.63) is 87.1 Å². The molecule has 0 saturated carbocycles. The van der Waals surface area contributed by atoms with Crippen molar-refractivity contribution < 1.29 is 5.11 Å². The van der Waals surface area contributed by atoms with Crippen molar-refractivity contribution in [2.24, 2.45) is 7.05 Å². The number of rotatable bonds is 3. The molecule has 4 aromatic rings. The maximum atomic E-state index is 13.4. The number of hydrogen-bond donors (Lipinski definition) is 1. The molecule has 0 aliphatic carbocycles. The second kappa shape index (κ2) is 7.00. The molecule has 1 aliphatic rings. The van der Waals surface area contributed by atoms with E-state index < -0.39 is 17.4 Å². The SMILES string of the molecule is Cn1c(=O)n(Cc2ccccc2)c(=O)c2c1nc1n2CC(O)CN1c1ccccc1. The van der Waals surface area contributed by atoms with E-state index in [1.165, 1.54) is 9.13 Å². The normalized spacial score (nSPS) is 16.1. The van der Waals surface area contributed by atoms with Crippen molar-refractivity contribution in [1.82, 2.24) is 18.7 Å². The van der Waals surface area contributed by atoms with Crippen LogP contribution in [0.3, 0.4) is 0 Å². The molecular weight excluding hydrogens is 382 g/mol. The molecule has 1 atom stereocenters. The number of fused-ring (bicyclic) bond motifs is 3. The van der Waals surface area contributed by atoms with Crippen LogP contribution >= 0.6 is 0 Å². The summed E-state index contributed by atoms with van der Waals surface area (Å²) in [4.78, 5) is 32.8. The average Bonchev–Trinajstić information content (AvgIpc) is 3.15. The number of β-amino-alcohol motifs (C(OH)–C–C–N with tert-alkyl or cyclic N) is 1. The Hall–Kier alpha value is -3.65. The number of aliphatic hydroxyl groups excluding tert-OH is 1. The van der Waals surface area contributed by atoms with Crippen molar-refractivity contribution in [3.63, 3.8) is 0 Å². The van der Waals surface area contributed by atoms with Crippen LogP contribution in [0.25, 0.3) is 11.2 Å². The maximum absolute atomic E-state index is 13.4. The summed E-state index contributed by atoms with van der Waals surface area (Å²) in [5.74, 6) is 0.547. The standard InChI is InChI=1S/C22H21N5O3/c1-24-19-18(20(29)27(22(24)30)12-15-8-4-2-5-9-15)26-14-17(28)13-25(21(26)23-19)16-10-6-3-7-11-16/h2-11,17,28H,12-14H2,1H3. The van der Waals surface area contributed by atoms with Crippen LogP contribution in [-0.4, -0.2) is 36.4 Å². The molecule has 152 valence electrons. The molecule has 8 nitrogen and oxygen atoms in total. The minimum absolute atomic E-state index is 0.174. The Labute approximate surface area is 171 Å². The summed E-state index contributed by atoms with van der Waals surface area (Å²) in [6.45, 7) is 0.779. The number of hydrogen-bond acceptors (Lipinski definition) is 5. The van der Waals surface area contributed by atoms with Crippen molar-refractivity contribution in [2.75, 3.05) is 11.4 Å². The Bertz CT molecular complexity index is 1340. The van der Waals surface area contributed by atoms with Crippen molar-refractivity contribution in [2.45, 2.75) is 19.2 Å². The Morgan fingerprint density at radius 2 is 1.67 bits per heavy atom. The van der Waals surface area contributed by atoms with Crippen LogP contribution in [-0.2, 0) is 20.1 Å². The Morgan fingerprint density at radius 1 is 1.00 bits per heavy atom. The summed E-state index contributed by atoms with van der Waals surface area (Å²) in [5.41, 5.74) is 1.54. The first-order valence-corrected chi connectivity index (χ1v) is 9.79. The number of para-hydroxylation sites is 1. The second-order valence-corrected chi connectivity index (χ2v) is 7.51. The molecule has 0 bridgehead atoms. The molecule has 0 spiro atoms. The highest BCUT2D eigenvalue weighted by Crippen LogP contribution is 2.30. The van der Waals surface area contributed by atoms with Gasteiger partial charge in [0, 0.05) is 12.7 Å². The minimum Gasteiger partial charge on any atom is -0.389 e. The fraction of sp³-hybridized carbons (Fsp3) is 0.227. The topological polar surface area (TPSA) is 85.3 Å². The van der Waals surface area contributed by atoms with Crippen molar-refractivity contribution in [1.29, 1.82) is 0 Å². The Balaban J connectivity index is 1.74. The Morgan fingerprint density at radius 3 is 2.37 bits per heavy atom. The third-order valence-corrected chi connectivity index (χ3v) is 5.49. The predicted molar refractivity (Wildman–Crippen MR) is 114 cm³/mol. The van der Waals surface area contributed by atoms with Gasteiger partial charge in [-0.2, -0.15) is 4.98 Å². The van der Waals surface area contributed by atoms with Crippen LogP contribution in [0.2, 0.25) is 0 Å². The van der Waals surface area contributed by atoms with Gasteiger partial charge in [-0.3, -0.25) is 13.9 Å². The van der Waals surface area contributed by atoms with Gasteiger partial charge in [0.2, 0.25) is 5.95 Å². The molecule has 5 rings (SSSR count). The van der Waals surface area contributed by atoms with E-state index in [2.05, 4.69) is 4.98 Å². The quantitative estimate of drug-likeness (QED) is 0.560. The molecule has 1 unspecified atom stereocenters. The molecule has 1 N–H and O–H groups in total. The summed E-state index contributed by atoms with van der Waals surface area (Å²) >= 11 is 0. The van der Waals surface area contributed by atoms with Crippen LogP contribution < -0.4 is 16.1 Å². The zero-order chi connectivity index (χ0) is 20.8. The van der Waals surface area contributed by atoms with Crippen LogP contribution in [0, 0.1) is 0 Å². The highest BCUT2D eigenvalue weighted by Gasteiger charge is 2.30. The summed E-state index contributed by atoms with van der Waals surface area (Å²) in [7, 11) is 1.62. The first-order chi connectivity index (χ1) is 14.5. The van der Waals surface area contributed by atoms with E-state index in [-0.39, 0.29) is 13.1 Å². The molecule has 30 heavy (non-hydrogen) atoms. The van der Waals surface area contributed by atoms with Gasteiger partial charge in [-0.1, -0.05) is 48.5 Å². The predicted octanol–water partition coefficient (Wildman–Crippen LogP) is 1.46. The van der Waals surface area contributed by atoms with Gasteiger partial charge in [0.25, 0.3) is 5.56 Å².